The summed E-state index contributed by atoms with van der Waals surface area (Å²) in [7, 11) is 0. The Balaban J connectivity index is 2.19. The average molecular weight is 364 g/mol. The minimum Gasteiger partial charge on any atom is -0.465 e. The van der Waals surface area contributed by atoms with Crippen molar-refractivity contribution in [2.75, 3.05) is 5.32 Å². The number of benzene rings is 1. The third-order valence-electron chi connectivity index (χ3n) is 2.32. The van der Waals surface area contributed by atoms with E-state index in [0.717, 1.165) is 3.57 Å². The zero-order valence-electron chi connectivity index (χ0n) is 9.76. The molecule has 0 aliphatic rings. The lowest BCUT2D eigenvalue weighted by Crippen LogP contribution is -2.14. The molecule has 2 rings (SSSR count). The molecule has 1 amide bonds. The molecule has 0 radical (unpaired) electrons. The van der Waals surface area contributed by atoms with E-state index in [1.54, 1.807) is 18.2 Å². The first kappa shape index (κ1) is 13.4. The summed E-state index contributed by atoms with van der Waals surface area (Å²) >= 11 is 2.12. The Morgan fingerprint density at radius 2 is 2.11 bits per heavy atom. The number of carbonyl (C=O) groups is 1. The number of nitrogens with zero attached hydrogens (tertiary/aromatic N) is 1. The minimum atomic E-state index is -0.456. The van der Waals surface area contributed by atoms with Crippen LogP contribution in [0.2, 0.25) is 0 Å². The lowest BCUT2D eigenvalue weighted by molar-refractivity contribution is -0.112. The van der Waals surface area contributed by atoms with Gasteiger partial charge in [0.25, 0.3) is 5.91 Å². The van der Waals surface area contributed by atoms with Gasteiger partial charge in [-0.05, 0) is 46.9 Å². The molecule has 0 spiro atoms. The van der Waals surface area contributed by atoms with Gasteiger partial charge >= 0.3 is 0 Å². The Morgan fingerprint density at radius 3 is 2.74 bits per heavy atom. The van der Waals surface area contributed by atoms with Gasteiger partial charge in [0.15, 0.2) is 0 Å². The fourth-order valence-electron chi connectivity index (χ4n) is 1.42. The highest BCUT2D eigenvalue weighted by Gasteiger charge is 2.11. The lowest BCUT2D eigenvalue weighted by Gasteiger charge is -2.05. The van der Waals surface area contributed by atoms with E-state index in [1.807, 2.05) is 24.3 Å². The van der Waals surface area contributed by atoms with E-state index in [4.69, 9.17) is 9.68 Å². The van der Waals surface area contributed by atoms with Crippen molar-refractivity contribution in [3.63, 3.8) is 0 Å². The Kier molecular flexibility index (Phi) is 4.36. The number of nitriles is 1. The van der Waals surface area contributed by atoms with Crippen LogP contribution < -0.4 is 5.32 Å². The molecule has 2 aromatic rings. The van der Waals surface area contributed by atoms with Crippen molar-refractivity contribution in [3.05, 3.63) is 57.6 Å². The van der Waals surface area contributed by atoms with E-state index >= 15 is 0 Å². The summed E-state index contributed by atoms with van der Waals surface area (Å²) in [6, 6.07) is 12.6. The number of furan rings is 1. The molecule has 1 aromatic carbocycles. The molecule has 1 N–H and O–H groups in total. The molecule has 4 nitrogen and oxygen atoms in total. The van der Waals surface area contributed by atoms with Crippen molar-refractivity contribution >= 4 is 40.3 Å². The molecule has 0 saturated heterocycles. The van der Waals surface area contributed by atoms with Gasteiger partial charge in [0, 0.05) is 9.65 Å². The summed E-state index contributed by atoms with van der Waals surface area (Å²) in [4.78, 5) is 12.0. The number of rotatable bonds is 3. The molecule has 0 atom stereocenters. The SMILES string of the molecule is N#C/C(=C/c1ccco1)C(=O)Nc1ccccc1I. The van der Waals surface area contributed by atoms with Gasteiger partial charge in [0.05, 0.1) is 12.0 Å². The van der Waals surface area contributed by atoms with E-state index in [9.17, 15) is 4.79 Å². The molecule has 0 fully saturated rings. The van der Waals surface area contributed by atoms with Crippen LogP contribution in [0.5, 0.6) is 0 Å². The zero-order valence-corrected chi connectivity index (χ0v) is 11.9. The second-order valence-corrected chi connectivity index (χ2v) is 4.78. The van der Waals surface area contributed by atoms with Crippen LogP contribution in [0, 0.1) is 14.9 Å². The first-order chi connectivity index (χ1) is 9.20. The molecule has 0 bridgehead atoms. The number of amides is 1. The molecule has 94 valence electrons. The molecule has 19 heavy (non-hydrogen) atoms. The van der Waals surface area contributed by atoms with Crippen molar-refractivity contribution < 1.29 is 9.21 Å². The minimum absolute atomic E-state index is 0.00500. The smallest absolute Gasteiger partial charge is 0.266 e. The first-order valence-corrected chi connectivity index (χ1v) is 6.50. The van der Waals surface area contributed by atoms with Crippen LogP contribution in [0.1, 0.15) is 5.76 Å². The van der Waals surface area contributed by atoms with Gasteiger partial charge < -0.3 is 9.73 Å². The summed E-state index contributed by atoms with van der Waals surface area (Å²) in [6.45, 7) is 0. The van der Waals surface area contributed by atoms with Crippen LogP contribution in [0.3, 0.4) is 0 Å². The maximum atomic E-state index is 12.0. The second kappa shape index (κ2) is 6.20. The first-order valence-electron chi connectivity index (χ1n) is 5.42. The van der Waals surface area contributed by atoms with Gasteiger partial charge in [0.2, 0.25) is 0 Å². The number of anilines is 1. The maximum Gasteiger partial charge on any atom is 0.266 e. The Hall–Kier alpha value is -2.07. The Bertz CT molecular complexity index is 654. The molecular weight excluding hydrogens is 355 g/mol. The number of nitrogens with one attached hydrogen (secondary N) is 1. The van der Waals surface area contributed by atoms with Crippen LogP contribution in [-0.4, -0.2) is 5.91 Å². The van der Waals surface area contributed by atoms with Crippen molar-refractivity contribution in [2.45, 2.75) is 0 Å². The summed E-state index contributed by atoms with van der Waals surface area (Å²) in [5.41, 5.74) is 0.670. The van der Waals surface area contributed by atoms with E-state index < -0.39 is 5.91 Å². The van der Waals surface area contributed by atoms with Gasteiger partial charge in [-0.1, -0.05) is 12.1 Å². The van der Waals surface area contributed by atoms with Crippen molar-refractivity contribution in [1.82, 2.24) is 0 Å². The third-order valence-corrected chi connectivity index (χ3v) is 3.26. The number of para-hydroxylation sites is 1. The number of carbonyl (C=O) groups excluding carboxylic acids is 1. The van der Waals surface area contributed by atoms with Crippen LogP contribution in [0.25, 0.3) is 6.08 Å². The Morgan fingerprint density at radius 1 is 1.32 bits per heavy atom. The molecule has 0 saturated carbocycles. The molecule has 0 unspecified atom stereocenters. The summed E-state index contributed by atoms with van der Waals surface area (Å²) in [5.74, 6) is 0.0116. The molecule has 1 heterocycles. The maximum absolute atomic E-state index is 12.0. The predicted molar refractivity (Wildman–Crippen MR) is 80.1 cm³/mol. The molecule has 0 aliphatic heterocycles. The van der Waals surface area contributed by atoms with Gasteiger partial charge in [-0.3, -0.25) is 4.79 Å². The monoisotopic (exact) mass is 364 g/mol. The van der Waals surface area contributed by atoms with Crippen molar-refractivity contribution in [3.8, 4) is 6.07 Å². The van der Waals surface area contributed by atoms with Crippen molar-refractivity contribution in [1.29, 1.82) is 5.26 Å². The van der Waals surface area contributed by atoms with Crippen LogP contribution in [0.15, 0.2) is 52.7 Å². The van der Waals surface area contributed by atoms with Gasteiger partial charge in [-0.25, -0.2) is 0 Å². The summed E-state index contributed by atoms with van der Waals surface area (Å²) in [5, 5.41) is 11.7. The standard InChI is InChI=1S/C14H9IN2O2/c15-12-5-1-2-6-13(12)17-14(18)10(9-16)8-11-4-3-7-19-11/h1-8H,(H,17,18)/b10-8-. The summed E-state index contributed by atoms with van der Waals surface area (Å²) < 4.78 is 5.99. The van der Waals surface area contributed by atoms with Gasteiger partial charge in [-0.15, -0.1) is 0 Å². The largest absolute Gasteiger partial charge is 0.465 e. The number of hydrogen-bond acceptors (Lipinski definition) is 3. The fourth-order valence-corrected chi connectivity index (χ4v) is 1.94. The fraction of sp³-hybridized carbons (Fsp3) is 0. The molecule has 5 heteroatoms. The highest BCUT2D eigenvalue weighted by molar-refractivity contribution is 14.1. The molecular formula is C14H9IN2O2. The normalized spacial score (nSPS) is 10.8. The van der Waals surface area contributed by atoms with E-state index in [2.05, 4.69) is 27.9 Å². The highest BCUT2D eigenvalue weighted by Crippen LogP contribution is 2.18. The van der Waals surface area contributed by atoms with E-state index in [0.29, 0.717) is 11.4 Å². The Labute approximate surface area is 123 Å². The topological polar surface area (TPSA) is 66.0 Å². The van der Waals surface area contributed by atoms with Crippen LogP contribution >= 0.6 is 22.6 Å². The third kappa shape index (κ3) is 3.45. The number of hydrogen-bond donors (Lipinski definition) is 1. The second-order valence-electron chi connectivity index (χ2n) is 3.62. The number of halogens is 1. The van der Waals surface area contributed by atoms with E-state index in [-0.39, 0.29) is 5.57 Å². The van der Waals surface area contributed by atoms with Crippen LogP contribution in [-0.2, 0) is 4.79 Å². The van der Waals surface area contributed by atoms with Gasteiger partial charge in [-0.2, -0.15) is 5.26 Å². The summed E-state index contributed by atoms with van der Waals surface area (Å²) in [6.07, 6.45) is 2.89. The predicted octanol–water partition coefficient (Wildman–Crippen LogP) is 3.43. The van der Waals surface area contributed by atoms with E-state index in [1.165, 1.54) is 12.3 Å². The van der Waals surface area contributed by atoms with Gasteiger partial charge in [0.1, 0.15) is 17.4 Å². The average Bonchev–Trinajstić information content (AvgIpc) is 2.91. The highest BCUT2D eigenvalue weighted by atomic mass is 127. The molecule has 0 aliphatic carbocycles. The quantitative estimate of drug-likeness (QED) is 0.516. The lowest BCUT2D eigenvalue weighted by atomic mass is 10.2. The zero-order chi connectivity index (χ0) is 13.7. The van der Waals surface area contributed by atoms with Crippen LogP contribution in [0.4, 0.5) is 5.69 Å². The van der Waals surface area contributed by atoms with Crippen molar-refractivity contribution in [2.24, 2.45) is 0 Å². The molecule has 1 aromatic heterocycles.